The van der Waals surface area contributed by atoms with Crippen LogP contribution in [0.4, 0.5) is 5.69 Å². The molecule has 3 N–H and O–H groups in total. The van der Waals surface area contributed by atoms with Gasteiger partial charge in [-0.3, -0.25) is 9.89 Å². The molecule has 1 aromatic rings. The van der Waals surface area contributed by atoms with Crippen LogP contribution in [-0.2, 0) is 14.3 Å². The molecule has 2 heterocycles. The van der Waals surface area contributed by atoms with Gasteiger partial charge in [-0.15, -0.1) is 0 Å². The number of ether oxygens (including phenoxy) is 2. The highest BCUT2D eigenvalue weighted by atomic mass is 16.5. The van der Waals surface area contributed by atoms with E-state index in [4.69, 9.17) is 15.2 Å². The Morgan fingerprint density at radius 1 is 1.52 bits per heavy atom. The first kappa shape index (κ1) is 15.3. The highest BCUT2D eigenvalue weighted by Crippen LogP contribution is 2.24. The summed E-state index contributed by atoms with van der Waals surface area (Å²) in [6.45, 7) is 4.66. The van der Waals surface area contributed by atoms with Gasteiger partial charge in [0, 0.05) is 6.54 Å². The standard InChI is InChI=1S/C13H20N4O4/c1-7(2)10-9(14)11(16-15-10)12(18)17-4-5-21-6-8(17)13(19)20-3/h7-8H,4-6,14H2,1-3H3,(H,15,16). The summed E-state index contributed by atoms with van der Waals surface area (Å²) < 4.78 is 9.95. The number of H-pyrrole nitrogens is 1. The molecule has 1 saturated heterocycles. The molecule has 0 spiro atoms. The third-order valence-corrected chi connectivity index (χ3v) is 3.48. The van der Waals surface area contributed by atoms with Gasteiger partial charge in [-0.05, 0) is 5.92 Å². The maximum Gasteiger partial charge on any atom is 0.331 e. The van der Waals surface area contributed by atoms with E-state index in [0.29, 0.717) is 24.5 Å². The summed E-state index contributed by atoms with van der Waals surface area (Å²) in [5.74, 6) is -0.782. The maximum absolute atomic E-state index is 12.6. The SMILES string of the molecule is COC(=O)C1COCCN1C(=O)c1n[nH]c(C(C)C)c1N. The minimum atomic E-state index is -0.769. The first-order valence-corrected chi connectivity index (χ1v) is 6.77. The van der Waals surface area contributed by atoms with Crippen molar-refractivity contribution in [3.05, 3.63) is 11.4 Å². The minimum absolute atomic E-state index is 0.111. The Labute approximate surface area is 122 Å². The number of morpholine rings is 1. The molecule has 0 saturated carbocycles. The van der Waals surface area contributed by atoms with Crippen molar-refractivity contribution >= 4 is 17.6 Å². The quantitative estimate of drug-likeness (QED) is 0.767. The lowest BCUT2D eigenvalue weighted by atomic mass is 10.1. The molecule has 1 aromatic heterocycles. The van der Waals surface area contributed by atoms with Gasteiger partial charge in [-0.1, -0.05) is 13.8 Å². The van der Waals surface area contributed by atoms with E-state index in [1.807, 2.05) is 13.8 Å². The summed E-state index contributed by atoms with van der Waals surface area (Å²) in [5.41, 5.74) is 7.14. The second kappa shape index (κ2) is 6.13. The summed E-state index contributed by atoms with van der Waals surface area (Å²) in [6.07, 6.45) is 0. The van der Waals surface area contributed by atoms with E-state index in [1.165, 1.54) is 12.0 Å². The molecule has 21 heavy (non-hydrogen) atoms. The fraction of sp³-hybridized carbons (Fsp3) is 0.615. The van der Waals surface area contributed by atoms with Gasteiger partial charge in [0.2, 0.25) is 0 Å². The fourth-order valence-electron chi connectivity index (χ4n) is 2.28. The van der Waals surface area contributed by atoms with Gasteiger partial charge < -0.3 is 20.1 Å². The number of amides is 1. The number of nitrogens with zero attached hydrogens (tertiary/aromatic N) is 2. The molecule has 116 valence electrons. The Bertz CT molecular complexity index is 540. The highest BCUT2D eigenvalue weighted by molar-refractivity contribution is 5.99. The predicted octanol–water partition coefficient (Wildman–Crippen LogP) is 0.129. The number of nitrogens with two attached hydrogens (primary N) is 1. The number of hydrogen-bond donors (Lipinski definition) is 2. The van der Waals surface area contributed by atoms with Gasteiger partial charge in [0.1, 0.15) is 0 Å². The van der Waals surface area contributed by atoms with Gasteiger partial charge >= 0.3 is 5.97 Å². The van der Waals surface area contributed by atoms with Crippen LogP contribution in [0.15, 0.2) is 0 Å². The molecule has 0 radical (unpaired) electrons. The zero-order chi connectivity index (χ0) is 15.6. The normalized spacial score (nSPS) is 18.9. The van der Waals surface area contributed by atoms with Crippen LogP contribution >= 0.6 is 0 Å². The Kier molecular flexibility index (Phi) is 4.46. The smallest absolute Gasteiger partial charge is 0.331 e. The molecular formula is C13H20N4O4. The van der Waals surface area contributed by atoms with Crippen molar-refractivity contribution < 1.29 is 19.1 Å². The van der Waals surface area contributed by atoms with Crippen molar-refractivity contribution in [1.82, 2.24) is 15.1 Å². The number of aromatic amines is 1. The summed E-state index contributed by atoms with van der Waals surface area (Å²) in [5, 5.41) is 6.78. The van der Waals surface area contributed by atoms with Crippen molar-refractivity contribution in [2.75, 3.05) is 32.6 Å². The van der Waals surface area contributed by atoms with Crippen LogP contribution in [0.1, 0.15) is 35.9 Å². The minimum Gasteiger partial charge on any atom is -0.467 e. The summed E-state index contributed by atoms with van der Waals surface area (Å²) in [7, 11) is 1.28. The summed E-state index contributed by atoms with van der Waals surface area (Å²) in [4.78, 5) is 25.7. The zero-order valence-electron chi connectivity index (χ0n) is 12.4. The van der Waals surface area contributed by atoms with Crippen LogP contribution in [-0.4, -0.2) is 59.9 Å². The first-order valence-electron chi connectivity index (χ1n) is 6.77. The molecular weight excluding hydrogens is 276 g/mol. The summed E-state index contributed by atoms with van der Waals surface area (Å²) in [6, 6.07) is -0.769. The second-order valence-electron chi connectivity index (χ2n) is 5.17. The number of rotatable bonds is 3. The molecule has 8 nitrogen and oxygen atoms in total. The van der Waals surface area contributed by atoms with E-state index in [0.717, 1.165) is 0 Å². The van der Waals surface area contributed by atoms with Gasteiger partial charge in [0.15, 0.2) is 11.7 Å². The molecule has 1 atom stereocenters. The average molecular weight is 296 g/mol. The molecule has 8 heteroatoms. The lowest BCUT2D eigenvalue weighted by Gasteiger charge is -2.33. The fourth-order valence-corrected chi connectivity index (χ4v) is 2.28. The van der Waals surface area contributed by atoms with Crippen LogP contribution < -0.4 is 5.73 Å². The number of aromatic nitrogens is 2. The molecule has 1 aliphatic rings. The molecule has 0 bridgehead atoms. The number of methoxy groups -OCH3 is 1. The van der Waals surface area contributed by atoms with Crippen molar-refractivity contribution in [1.29, 1.82) is 0 Å². The van der Waals surface area contributed by atoms with Crippen molar-refractivity contribution in [3.63, 3.8) is 0 Å². The number of nitrogen functional groups attached to an aromatic ring is 1. The molecule has 2 rings (SSSR count). The van der Waals surface area contributed by atoms with Gasteiger partial charge in [-0.25, -0.2) is 4.79 Å². The number of carbonyl (C=O) groups excluding carboxylic acids is 2. The van der Waals surface area contributed by atoms with Gasteiger partial charge in [0.25, 0.3) is 5.91 Å². The van der Waals surface area contributed by atoms with E-state index in [2.05, 4.69) is 10.2 Å². The van der Waals surface area contributed by atoms with Crippen molar-refractivity contribution in [2.45, 2.75) is 25.8 Å². The highest BCUT2D eigenvalue weighted by Gasteiger charge is 2.36. The maximum atomic E-state index is 12.6. The van der Waals surface area contributed by atoms with Gasteiger partial charge in [0.05, 0.1) is 31.7 Å². The van der Waals surface area contributed by atoms with E-state index >= 15 is 0 Å². The molecule has 0 aliphatic carbocycles. The van der Waals surface area contributed by atoms with Crippen molar-refractivity contribution in [2.24, 2.45) is 0 Å². The first-order chi connectivity index (χ1) is 9.97. The van der Waals surface area contributed by atoms with Crippen LogP contribution in [0.25, 0.3) is 0 Å². The van der Waals surface area contributed by atoms with Crippen molar-refractivity contribution in [3.8, 4) is 0 Å². The third kappa shape index (κ3) is 2.85. The number of hydrogen-bond acceptors (Lipinski definition) is 6. The topological polar surface area (TPSA) is 111 Å². The van der Waals surface area contributed by atoms with Crippen LogP contribution in [0.5, 0.6) is 0 Å². The molecule has 1 unspecified atom stereocenters. The number of anilines is 1. The largest absolute Gasteiger partial charge is 0.467 e. The number of esters is 1. The van der Waals surface area contributed by atoms with Crippen LogP contribution in [0, 0.1) is 0 Å². The summed E-state index contributed by atoms with van der Waals surface area (Å²) >= 11 is 0. The monoisotopic (exact) mass is 296 g/mol. The van der Waals surface area contributed by atoms with E-state index in [9.17, 15) is 9.59 Å². The Hall–Kier alpha value is -2.09. The number of carbonyl (C=O) groups is 2. The Morgan fingerprint density at radius 3 is 2.81 bits per heavy atom. The molecule has 1 fully saturated rings. The van der Waals surface area contributed by atoms with Gasteiger partial charge in [-0.2, -0.15) is 5.10 Å². The average Bonchev–Trinajstić information content (AvgIpc) is 2.87. The lowest BCUT2D eigenvalue weighted by molar-refractivity contribution is -0.151. The van der Waals surface area contributed by atoms with Crippen LogP contribution in [0.3, 0.4) is 0 Å². The van der Waals surface area contributed by atoms with E-state index < -0.39 is 17.9 Å². The Balaban J connectivity index is 2.27. The second-order valence-corrected chi connectivity index (χ2v) is 5.17. The Morgan fingerprint density at radius 2 is 2.24 bits per heavy atom. The van der Waals surface area contributed by atoms with Crippen LogP contribution in [0.2, 0.25) is 0 Å². The zero-order valence-corrected chi connectivity index (χ0v) is 12.4. The number of nitrogens with one attached hydrogen (secondary N) is 1. The molecule has 1 amide bonds. The van der Waals surface area contributed by atoms with E-state index in [-0.39, 0.29) is 18.2 Å². The third-order valence-electron chi connectivity index (χ3n) is 3.48. The predicted molar refractivity (Wildman–Crippen MR) is 74.7 cm³/mol. The molecule has 0 aromatic carbocycles. The molecule has 1 aliphatic heterocycles. The lowest BCUT2D eigenvalue weighted by Crippen LogP contribution is -2.53. The van der Waals surface area contributed by atoms with E-state index in [1.54, 1.807) is 0 Å².